The van der Waals surface area contributed by atoms with E-state index >= 15 is 0 Å². The van der Waals surface area contributed by atoms with Crippen molar-refractivity contribution >= 4 is 96.5 Å². The van der Waals surface area contributed by atoms with Crippen molar-refractivity contribution < 1.29 is 4.42 Å². The monoisotopic (exact) mass is 778 g/mol. The SMILES string of the molecule is c1cc(-c2ccc3ccccc3c2)cc(-c2c3ccccc3c(-c3ccc(-c4ccc5c(ccc6c5sc5ccc7c8ccccc8oc7c56)c4)cc3)c3ccccc23)c1. The molecule has 0 unspecified atom stereocenters. The third kappa shape index (κ3) is 5.05. The first-order valence-corrected chi connectivity index (χ1v) is 21.4. The summed E-state index contributed by atoms with van der Waals surface area (Å²) in [7, 11) is 0. The standard InChI is InChI=1S/C58H34OS/c1-2-11-38-32-41(25-22-35(38)10-1)39-12-9-13-43(34-39)55-48-17-5-3-15-46(48)54(47-16-4-6-18-49(47)55)37-23-20-36(21-24-37)40-26-28-44-42(33-40)27-29-51-56-53(60-58(44)51)31-30-50-45-14-7-8-19-52(45)59-57(50)56/h1-34H. The van der Waals surface area contributed by atoms with Crippen LogP contribution >= 0.6 is 11.3 Å². The minimum Gasteiger partial charge on any atom is -0.455 e. The van der Waals surface area contributed by atoms with Gasteiger partial charge in [0.05, 0.1) is 0 Å². The van der Waals surface area contributed by atoms with Gasteiger partial charge in [-0.15, -0.1) is 11.3 Å². The lowest BCUT2D eigenvalue weighted by Crippen LogP contribution is -1.91. The molecule has 0 spiro atoms. The van der Waals surface area contributed by atoms with Crippen molar-refractivity contribution in [3.8, 4) is 44.5 Å². The van der Waals surface area contributed by atoms with Crippen LogP contribution in [0, 0.1) is 0 Å². The molecule has 2 heterocycles. The van der Waals surface area contributed by atoms with E-state index in [0.717, 1.165) is 11.2 Å². The Morgan fingerprint density at radius 3 is 1.62 bits per heavy atom. The Hall–Kier alpha value is -7.52. The van der Waals surface area contributed by atoms with Gasteiger partial charge in [0.1, 0.15) is 11.2 Å². The highest BCUT2D eigenvalue weighted by Crippen LogP contribution is 2.46. The van der Waals surface area contributed by atoms with Crippen LogP contribution in [0.4, 0.5) is 0 Å². The van der Waals surface area contributed by atoms with Gasteiger partial charge in [0.15, 0.2) is 0 Å². The van der Waals surface area contributed by atoms with Crippen molar-refractivity contribution in [2.45, 2.75) is 0 Å². The molecule has 0 saturated heterocycles. The lowest BCUT2D eigenvalue weighted by molar-refractivity contribution is 0.673. The highest BCUT2D eigenvalue weighted by Gasteiger charge is 2.19. The minimum absolute atomic E-state index is 0.938. The van der Waals surface area contributed by atoms with Crippen LogP contribution in [0.15, 0.2) is 211 Å². The predicted octanol–water partition coefficient (Wildman–Crippen LogP) is 17.2. The zero-order valence-corrected chi connectivity index (χ0v) is 33.3. The molecular weight excluding hydrogens is 745 g/mol. The summed E-state index contributed by atoms with van der Waals surface area (Å²) in [6.07, 6.45) is 0. The molecule has 2 heteroatoms. The second-order valence-corrected chi connectivity index (χ2v) is 17.0. The van der Waals surface area contributed by atoms with Crippen molar-refractivity contribution in [2.24, 2.45) is 0 Å². The van der Waals surface area contributed by atoms with Gasteiger partial charge in [0, 0.05) is 30.9 Å². The Labute approximate surface area is 350 Å². The number of hydrogen-bond donors (Lipinski definition) is 0. The highest BCUT2D eigenvalue weighted by molar-refractivity contribution is 7.26. The number of furan rings is 1. The number of rotatable bonds is 4. The smallest absolute Gasteiger partial charge is 0.144 e. The average Bonchev–Trinajstić information content (AvgIpc) is 3.89. The summed E-state index contributed by atoms with van der Waals surface area (Å²) < 4.78 is 9.03. The van der Waals surface area contributed by atoms with Gasteiger partial charge in [-0.05, 0) is 124 Å². The van der Waals surface area contributed by atoms with Crippen LogP contribution in [0.2, 0.25) is 0 Å². The fourth-order valence-electron chi connectivity index (χ4n) is 9.81. The summed E-state index contributed by atoms with van der Waals surface area (Å²) in [5.41, 5.74) is 11.8. The molecule has 0 aliphatic rings. The van der Waals surface area contributed by atoms with E-state index in [1.807, 2.05) is 17.4 Å². The number of fused-ring (bicyclic) bond motifs is 12. The number of hydrogen-bond acceptors (Lipinski definition) is 2. The van der Waals surface area contributed by atoms with Crippen molar-refractivity contribution in [1.29, 1.82) is 0 Å². The quantitative estimate of drug-likeness (QED) is 0.162. The summed E-state index contributed by atoms with van der Waals surface area (Å²) in [6.45, 7) is 0. The third-order valence-electron chi connectivity index (χ3n) is 12.6. The average molecular weight is 779 g/mol. The zero-order valence-electron chi connectivity index (χ0n) is 32.4. The lowest BCUT2D eigenvalue weighted by atomic mass is 9.85. The van der Waals surface area contributed by atoms with E-state index in [4.69, 9.17) is 4.42 Å². The van der Waals surface area contributed by atoms with Crippen LogP contribution in [0.25, 0.3) is 130 Å². The molecule has 1 nitrogen and oxygen atoms in total. The van der Waals surface area contributed by atoms with Crippen LogP contribution in [0.5, 0.6) is 0 Å². The van der Waals surface area contributed by atoms with E-state index in [0.29, 0.717) is 0 Å². The fourth-order valence-corrected chi connectivity index (χ4v) is 11.0. The normalized spacial score (nSPS) is 12.0. The number of para-hydroxylation sites is 1. The molecule has 0 N–H and O–H groups in total. The van der Waals surface area contributed by atoms with Crippen LogP contribution in [0.1, 0.15) is 0 Å². The molecule has 2 aromatic heterocycles. The Morgan fingerprint density at radius 1 is 0.300 bits per heavy atom. The van der Waals surface area contributed by atoms with Gasteiger partial charge >= 0.3 is 0 Å². The first-order valence-electron chi connectivity index (χ1n) is 20.6. The summed E-state index contributed by atoms with van der Waals surface area (Å²) in [4.78, 5) is 0. The lowest BCUT2D eigenvalue weighted by Gasteiger charge is -2.18. The molecule has 0 saturated carbocycles. The van der Waals surface area contributed by atoms with Gasteiger partial charge in [0.2, 0.25) is 0 Å². The molecule has 11 aromatic carbocycles. The molecule has 13 rings (SSSR count). The highest BCUT2D eigenvalue weighted by atomic mass is 32.1. The Kier molecular flexibility index (Phi) is 7.24. The molecule has 0 bridgehead atoms. The topological polar surface area (TPSA) is 13.1 Å². The van der Waals surface area contributed by atoms with Gasteiger partial charge in [-0.25, -0.2) is 0 Å². The minimum atomic E-state index is 0.938. The van der Waals surface area contributed by atoms with Crippen LogP contribution < -0.4 is 0 Å². The van der Waals surface area contributed by atoms with Gasteiger partial charge in [-0.3, -0.25) is 0 Å². The van der Waals surface area contributed by atoms with E-state index in [9.17, 15) is 0 Å². The number of benzene rings is 11. The Bertz CT molecular complexity index is 3830. The summed E-state index contributed by atoms with van der Waals surface area (Å²) >= 11 is 1.86. The number of thiophene rings is 1. The van der Waals surface area contributed by atoms with Crippen LogP contribution in [0.3, 0.4) is 0 Å². The van der Waals surface area contributed by atoms with E-state index in [-0.39, 0.29) is 0 Å². The van der Waals surface area contributed by atoms with Crippen molar-refractivity contribution in [3.05, 3.63) is 206 Å². The van der Waals surface area contributed by atoms with Crippen molar-refractivity contribution in [2.75, 3.05) is 0 Å². The van der Waals surface area contributed by atoms with Crippen molar-refractivity contribution in [1.82, 2.24) is 0 Å². The first-order chi connectivity index (χ1) is 29.7. The van der Waals surface area contributed by atoms with Gasteiger partial charge in [0.25, 0.3) is 0 Å². The molecular formula is C58H34OS. The van der Waals surface area contributed by atoms with E-state index in [1.54, 1.807) is 0 Å². The molecule has 0 fully saturated rings. The Morgan fingerprint density at radius 2 is 0.833 bits per heavy atom. The maximum absolute atomic E-state index is 6.47. The van der Waals surface area contributed by atoms with Gasteiger partial charge in [-0.1, -0.05) is 170 Å². The van der Waals surface area contributed by atoms with E-state index in [2.05, 4.69) is 200 Å². The largest absolute Gasteiger partial charge is 0.455 e. The predicted molar refractivity (Wildman–Crippen MR) is 258 cm³/mol. The molecule has 278 valence electrons. The summed E-state index contributed by atoms with van der Waals surface area (Å²) in [5, 5.41) is 14.9. The van der Waals surface area contributed by atoms with E-state index in [1.165, 1.54) is 119 Å². The molecule has 0 amide bonds. The van der Waals surface area contributed by atoms with Gasteiger partial charge < -0.3 is 4.42 Å². The zero-order chi connectivity index (χ0) is 39.3. The van der Waals surface area contributed by atoms with Crippen LogP contribution in [-0.4, -0.2) is 0 Å². The summed E-state index contributed by atoms with van der Waals surface area (Å²) in [6, 6.07) is 75.8. The molecule has 0 atom stereocenters. The van der Waals surface area contributed by atoms with Gasteiger partial charge in [-0.2, -0.15) is 0 Å². The van der Waals surface area contributed by atoms with E-state index < -0.39 is 0 Å². The first kappa shape index (κ1) is 33.5. The maximum Gasteiger partial charge on any atom is 0.144 e. The maximum atomic E-state index is 6.47. The van der Waals surface area contributed by atoms with Crippen LogP contribution in [-0.2, 0) is 0 Å². The summed E-state index contributed by atoms with van der Waals surface area (Å²) in [5.74, 6) is 0. The fraction of sp³-hybridized carbons (Fsp3) is 0. The third-order valence-corrected chi connectivity index (χ3v) is 13.8. The molecule has 0 radical (unpaired) electrons. The molecule has 0 aliphatic heterocycles. The second kappa shape index (κ2) is 13.0. The molecule has 13 aromatic rings. The second-order valence-electron chi connectivity index (χ2n) is 16.0. The molecule has 60 heavy (non-hydrogen) atoms. The van der Waals surface area contributed by atoms with Crippen molar-refractivity contribution in [3.63, 3.8) is 0 Å². The Balaban J connectivity index is 0.903. The molecule has 0 aliphatic carbocycles.